The maximum absolute atomic E-state index is 12.7. The van der Waals surface area contributed by atoms with Crippen LogP contribution in [0.15, 0.2) is 30.3 Å². The number of likely N-dealkylation sites (N-methyl/N-ethyl adjacent to an activating group) is 1. The van der Waals surface area contributed by atoms with Gasteiger partial charge in [-0.05, 0) is 35.9 Å². The van der Waals surface area contributed by atoms with E-state index in [9.17, 15) is 4.79 Å². The molecule has 0 bridgehead atoms. The van der Waals surface area contributed by atoms with Crippen molar-refractivity contribution >= 4 is 17.7 Å². The molecule has 2 rings (SSSR count). The molecule has 7 nitrogen and oxygen atoms in total. The molecule has 0 atom stereocenters. The number of aliphatic hydroxyl groups excluding tert-OH is 1. The second-order valence-corrected chi connectivity index (χ2v) is 4.69. The summed E-state index contributed by atoms with van der Waals surface area (Å²) >= 11 is 0. The molecule has 0 aliphatic carbocycles. The fourth-order valence-corrected chi connectivity index (χ4v) is 2.06. The molecule has 0 spiro atoms. The van der Waals surface area contributed by atoms with E-state index in [4.69, 9.17) is 5.11 Å². The fourth-order valence-electron chi connectivity index (χ4n) is 2.06. The summed E-state index contributed by atoms with van der Waals surface area (Å²) in [6, 6.07) is 9.49. The molecular weight excluding hydrogens is 282 g/mol. The highest BCUT2D eigenvalue weighted by molar-refractivity contribution is 6.18. The van der Waals surface area contributed by atoms with Gasteiger partial charge in [0.25, 0.3) is 5.91 Å². The number of hydrogen-bond donors (Lipinski definition) is 1. The molecule has 0 unspecified atom stereocenters. The zero-order chi connectivity index (χ0) is 15.9. The van der Waals surface area contributed by atoms with Crippen molar-refractivity contribution in [1.29, 1.82) is 0 Å². The first kappa shape index (κ1) is 15.8. The van der Waals surface area contributed by atoms with Crippen molar-refractivity contribution in [3.8, 4) is 0 Å². The van der Waals surface area contributed by atoms with Gasteiger partial charge in [0, 0.05) is 13.1 Å². The lowest BCUT2D eigenvalue weighted by molar-refractivity contribution is -0.125. The maximum atomic E-state index is 12.7. The smallest absolute Gasteiger partial charge is 0.272 e. The second kappa shape index (κ2) is 7.46. The highest BCUT2D eigenvalue weighted by atomic mass is 16.3. The zero-order valence-electron chi connectivity index (χ0n) is 12.7. The normalized spacial score (nSPS) is 11.5. The number of nitrogens with zero attached hydrogens (tertiary/aromatic N) is 5. The van der Waals surface area contributed by atoms with E-state index in [1.54, 1.807) is 17.9 Å². The summed E-state index contributed by atoms with van der Waals surface area (Å²) in [5, 5.41) is 20.4. The van der Waals surface area contributed by atoms with Gasteiger partial charge in [0.15, 0.2) is 5.82 Å². The lowest BCUT2D eigenvalue weighted by Crippen LogP contribution is -2.35. The molecule has 0 radical (unpaired) electrons. The number of carbonyl (C=O) groups is 1. The average Bonchev–Trinajstić information content (AvgIpc) is 2.96. The lowest BCUT2D eigenvalue weighted by atomic mass is 10.2. The topological polar surface area (TPSA) is 84.1 Å². The first-order valence-corrected chi connectivity index (χ1v) is 7.09. The molecular formula is C15H19N5O2. The summed E-state index contributed by atoms with van der Waals surface area (Å²) in [6.07, 6.45) is 1.74. The van der Waals surface area contributed by atoms with Crippen LogP contribution in [-0.2, 0) is 4.79 Å². The second-order valence-electron chi connectivity index (χ2n) is 4.69. The van der Waals surface area contributed by atoms with Gasteiger partial charge >= 0.3 is 0 Å². The van der Waals surface area contributed by atoms with Gasteiger partial charge in [-0.1, -0.05) is 30.3 Å². The third-order valence-electron chi connectivity index (χ3n) is 3.21. The molecule has 7 heteroatoms. The Balaban J connectivity index is 2.45. The number of carbonyl (C=O) groups excluding carboxylic acids is 1. The van der Waals surface area contributed by atoms with Crippen molar-refractivity contribution < 1.29 is 9.90 Å². The van der Waals surface area contributed by atoms with Crippen LogP contribution in [0.3, 0.4) is 0 Å². The van der Waals surface area contributed by atoms with E-state index in [2.05, 4.69) is 15.5 Å². The van der Waals surface area contributed by atoms with Gasteiger partial charge in [0.2, 0.25) is 0 Å². The average molecular weight is 301 g/mol. The van der Waals surface area contributed by atoms with E-state index in [0.717, 1.165) is 5.56 Å². The van der Waals surface area contributed by atoms with Crippen molar-refractivity contribution in [2.75, 3.05) is 19.7 Å². The Morgan fingerprint density at radius 1 is 1.36 bits per heavy atom. The molecule has 0 saturated carbocycles. The van der Waals surface area contributed by atoms with Crippen LogP contribution in [-0.4, -0.2) is 55.8 Å². The number of rotatable bonds is 6. The van der Waals surface area contributed by atoms with Crippen LogP contribution in [0.2, 0.25) is 0 Å². The Labute approximate surface area is 128 Å². The Morgan fingerprint density at radius 2 is 2.09 bits per heavy atom. The molecule has 0 saturated heterocycles. The monoisotopic (exact) mass is 301 g/mol. The first-order valence-electron chi connectivity index (χ1n) is 7.09. The fraction of sp³-hybridized carbons (Fsp3) is 0.333. The number of amides is 1. The third-order valence-corrected chi connectivity index (χ3v) is 3.21. The van der Waals surface area contributed by atoms with Gasteiger partial charge in [-0.25, -0.2) is 0 Å². The third kappa shape index (κ3) is 3.56. The minimum Gasteiger partial charge on any atom is -0.395 e. The van der Waals surface area contributed by atoms with Crippen molar-refractivity contribution in [2.45, 2.75) is 13.8 Å². The zero-order valence-corrected chi connectivity index (χ0v) is 12.7. The SMILES string of the molecule is CCN(CCO)C(=O)/C(=C/c1ccccc1)n1nnnc1C. The van der Waals surface area contributed by atoms with Gasteiger partial charge in [-0.2, -0.15) is 4.68 Å². The number of aliphatic hydroxyl groups is 1. The molecule has 22 heavy (non-hydrogen) atoms. The lowest BCUT2D eigenvalue weighted by Gasteiger charge is -2.21. The van der Waals surface area contributed by atoms with Crippen LogP contribution >= 0.6 is 0 Å². The molecule has 1 aromatic heterocycles. The highest BCUT2D eigenvalue weighted by Gasteiger charge is 2.21. The summed E-state index contributed by atoms with van der Waals surface area (Å²) in [6.45, 7) is 4.26. The van der Waals surface area contributed by atoms with Gasteiger partial charge in [0.05, 0.1) is 6.61 Å². The number of benzene rings is 1. The maximum Gasteiger partial charge on any atom is 0.272 e. The van der Waals surface area contributed by atoms with Crippen molar-refractivity contribution in [3.05, 3.63) is 41.7 Å². The Hall–Kier alpha value is -2.54. The predicted octanol–water partition coefficient (Wildman–Crippen LogP) is 0.820. The van der Waals surface area contributed by atoms with Crippen molar-refractivity contribution in [3.63, 3.8) is 0 Å². The number of aryl methyl sites for hydroxylation is 1. The molecule has 1 aromatic carbocycles. The quantitative estimate of drug-likeness (QED) is 0.799. The largest absolute Gasteiger partial charge is 0.395 e. The molecule has 1 N–H and O–H groups in total. The van der Waals surface area contributed by atoms with Gasteiger partial charge in [-0.3, -0.25) is 4.79 Å². The van der Waals surface area contributed by atoms with E-state index < -0.39 is 0 Å². The molecule has 0 aliphatic rings. The summed E-state index contributed by atoms with van der Waals surface area (Å²) in [5.74, 6) is 0.298. The number of aromatic nitrogens is 4. The summed E-state index contributed by atoms with van der Waals surface area (Å²) in [5.41, 5.74) is 1.23. The van der Waals surface area contributed by atoms with Gasteiger partial charge in [0.1, 0.15) is 5.70 Å². The minimum atomic E-state index is -0.226. The van der Waals surface area contributed by atoms with Crippen LogP contribution < -0.4 is 0 Å². The van der Waals surface area contributed by atoms with E-state index in [1.807, 2.05) is 37.3 Å². The molecule has 116 valence electrons. The van der Waals surface area contributed by atoms with E-state index in [1.165, 1.54) is 4.68 Å². The highest BCUT2D eigenvalue weighted by Crippen LogP contribution is 2.14. The van der Waals surface area contributed by atoms with E-state index in [-0.39, 0.29) is 19.1 Å². The van der Waals surface area contributed by atoms with Crippen LogP contribution in [0.5, 0.6) is 0 Å². The Bertz CT molecular complexity index is 651. The van der Waals surface area contributed by atoms with Crippen LogP contribution in [0.4, 0.5) is 0 Å². The molecule has 1 heterocycles. The molecule has 1 amide bonds. The number of hydrogen-bond acceptors (Lipinski definition) is 5. The molecule has 2 aromatic rings. The van der Waals surface area contributed by atoms with Gasteiger partial charge in [-0.15, -0.1) is 5.10 Å². The molecule has 0 fully saturated rings. The Kier molecular flexibility index (Phi) is 5.37. The van der Waals surface area contributed by atoms with Crippen molar-refractivity contribution in [1.82, 2.24) is 25.1 Å². The molecule has 0 aliphatic heterocycles. The van der Waals surface area contributed by atoms with Crippen LogP contribution in [0.25, 0.3) is 11.8 Å². The van der Waals surface area contributed by atoms with Crippen LogP contribution in [0.1, 0.15) is 18.3 Å². The summed E-state index contributed by atoms with van der Waals surface area (Å²) in [7, 11) is 0. The van der Waals surface area contributed by atoms with E-state index >= 15 is 0 Å². The Morgan fingerprint density at radius 3 is 2.64 bits per heavy atom. The van der Waals surface area contributed by atoms with Crippen LogP contribution in [0, 0.1) is 6.92 Å². The minimum absolute atomic E-state index is 0.0905. The van der Waals surface area contributed by atoms with Crippen molar-refractivity contribution in [2.24, 2.45) is 0 Å². The predicted molar refractivity (Wildman–Crippen MR) is 82.5 cm³/mol. The standard InChI is InChI=1S/C15H19N5O2/c1-3-19(9-10-21)15(22)14(20-12(2)16-17-18-20)11-13-7-5-4-6-8-13/h4-8,11,21H,3,9-10H2,1-2H3/b14-11-. The van der Waals surface area contributed by atoms with Gasteiger partial charge < -0.3 is 10.0 Å². The number of tetrazole rings is 1. The van der Waals surface area contributed by atoms with E-state index in [0.29, 0.717) is 18.1 Å². The first-order chi connectivity index (χ1) is 10.7. The summed E-state index contributed by atoms with van der Waals surface area (Å²) in [4.78, 5) is 14.3. The summed E-state index contributed by atoms with van der Waals surface area (Å²) < 4.78 is 1.41.